The third-order valence-corrected chi connectivity index (χ3v) is 5.21. The van der Waals surface area contributed by atoms with Gasteiger partial charge in [-0.15, -0.1) is 0 Å². The smallest absolute Gasteiger partial charge is 0.261 e. The predicted molar refractivity (Wildman–Crippen MR) is 102 cm³/mol. The van der Waals surface area contributed by atoms with Crippen molar-refractivity contribution in [3.05, 3.63) is 64.2 Å². The lowest BCUT2D eigenvalue weighted by molar-refractivity contribution is 0.220. The van der Waals surface area contributed by atoms with Crippen molar-refractivity contribution in [3.63, 3.8) is 0 Å². The first-order chi connectivity index (χ1) is 13.2. The van der Waals surface area contributed by atoms with Gasteiger partial charge >= 0.3 is 0 Å². The Kier molecular flexibility index (Phi) is 4.96. The van der Waals surface area contributed by atoms with Crippen LogP contribution < -0.4 is 5.56 Å². The summed E-state index contributed by atoms with van der Waals surface area (Å²) in [7, 11) is 0. The minimum absolute atomic E-state index is 0.0234. The van der Waals surface area contributed by atoms with Crippen LogP contribution in [0, 0.1) is 6.92 Å². The van der Waals surface area contributed by atoms with E-state index in [0.29, 0.717) is 17.4 Å². The van der Waals surface area contributed by atoms with Crippen LogP contribution >= 0.6 is 0 Å². The van der Waals surface area contributed by atoms with Crippen molar-refractivity contribution in [2.75, 3.05) is 13.2 Å². The molecule has 7 heteroatoms. The number of nitrogens with zero attached hydrogens (tertiary/aromatic N) is 5. The number of rotatable bonds is 5. The van der Waals surface area contributed by atoms with Crippen molar-refractivity contribution in [3.8, 4) is 0 Å². The normalized spacial score (nSPS) is 17.6. The summed E-state index contributed by atoms with van der Waals surface area (Å²) in [6.45, 7) is 3.71. The van der Waals surface area contributed by atoms with Gasteiger partial charge in [0.05, 0.1) is 41.5 Å². The first-order valence-corrected chi connectivity index (χ1v) is 9.30. The number of likely N-dealkylation sites (tertiary alicyclic amines) is 1. The van der Waals surface area contributed by atoms with Gasteiger partial charge in [-0.05, 0) is 38.4 Å². The van der Waals surface area contributed by atoms with Gasteiger partial charge < -0.3 is 5.11 Å². The first kappa shape index (κ1) is 17.8. The van der Waals surface area contributed by atoms with Gasteiger partial charge in [0, 0.05) is 18.9 Å². The van der Waals surface area contributed by atoms with E-state index in [9.17, 15) is 9.90 Å². The van der Waals surface area contributed by atoms with Crippen LogP contribution in [-0.4, -0.2) is 42.7 Å². The van der Waals surface area contributed by atoms with Crippen molar-refractivity contribution in [2.24, 2.45) is 0 Å². The number of aromatic nitrogens is 4. The topological polar surface area (TPSA) is 84.1 Å². The second-order valence-corrected chi connectivity index (χ2v) is 6.88. The molecule has 1 aromatic carbocycles. The molecular weight excluding hydrogens is 342 g/mol. The third-order valence-electron chi connectivity index (χ3n) is 5.21. The Hall–Kier alpha value is -2.64. The van der Waals surface area contributed by atoms with E-state index in [4.69, 9.17) is 4.98 Å². The highest BCUT2D eigenvalue weighted by Crippen LogP contribution is 2.32. The molecule has 3 aromatic rings. The van der Waals surface area contributed by atoms with E-state index in [2.05, 4.69) is 14.9 Å². The minimum Gasteiger partial charge on any atom is -0.395 e. The summed E-state index contributed by atoms with van der Waals surface area (Å²) < 4.78 is 1.63. The van der Waals surface area contributed by atoms with E-state index in [1.54, 1.807) is 23.0 Å². The molecule has 140 valence electrons. The second-order valence-electron chi connectivity index (χ2n) is 6.88. The lowest BCUT2D eigenvalue weighted by Crippen LogP contribution is -2.33. The molecule has 1 saturated heterocycles. The number of benzene rings is 1. The van der Waals surface area contributed by atoms with E-state index in [0.717, 1.165) is 36.6 Å². The average Bonchev–Trinajstić information content (AvgIpc) is 3.14. The Balaban J connectivity index is 1.77. The molecule has 0 spiro atoms. The van der Waals surface area contributed by atoms with Gasteiger partial charge in [0.15, 0.2) is 0 Å². The van der Waals surface area contributed by atoms with Crippen LogP contribution in [-0.2, 0) is 13.1 Å². The molecule has 3 heterocycles. The molecule has 0 bridgehead atoms. The number of para-hydroxylation sites is 1. The van der Waals surface area contributed by atoms with Crippen molar-refractivity contribution >= 4 is 10.9 Å². The fourth-order valence-electron chi connectivity index (χ4n) is 3.85. The molecule has 1 atom stereocenters. The number of aliphatic hydroxyl groups is 1. The number of fused-ring (bicyclic) bond motifs is 1. The fraction of sp³-hybridized carbons (Fsp3) is 0.400. The summed E-state index contributed by atoms with van der Waals surface area (Å²) in [6.07, 6.45) is 5.37. The molecule has 0 radical (unpaired) electrons. The molecule has 0 amide bonds. The van der Waals surface area contributed by atoms with E-state index in [1.165, 1.54) is 0 Å². The summed E-state index contributed by atoms with van der Waals surface area (Å²) in [5.41, 5.74) is 2.48. The highest BCUT2D eigenvalue weighted by atomic mass is 16.3. The van der Waals surface area contributed by atoms with Crippen LogP contribution in [0.25, 0.3) is 10.9 Å². The van der Waals surface area contributed by atoms with Crippen molar-refractivity contribution in [2.45, 2.75) is 38.9 Å². The number of aryl methyl sites for hydroxylation is 1. The monoisotopic (exact) mass is 365 g/mol. The zero-order chi connectivity index (χ0) is 18.8. The van der Waals surface area contributed by atoms with E-state index in [-0.39, 0.29) is 24.8 Å². The summed E-state index contributed by atoms with van der Waals surface area (Å²) in [5.74, 6) is 0.729. The molecule has 4 rings (SSSR count). The Morgan fingerprint density at radius 3 is 2.85 bits per heavy atom. The SMILES string of the molecule is Cc1nccnc1CN1CCCC1c1nc2ccccc2c(=O)n1CCO. The molecule has 1 fully saturated rings. The highest BCUT2D eigenvalue weighted by molar-refractivity contribution is 5.77. The van der Waals surface area contributed by atoms with Crippen LogP contribution in [0.15, 0.2) is 41.5 Å². The maximum absolute atomic E-state index is 13.0. The van der Waals surface area contributed by atoms with Crippen molar-refractivity contribution in [1.82, 2.24) is 24.4 Å². The third kappa shape index (κ3) is 3.36. The van der Waals surface area contributed by atoms with Crippen LogP contribution in [0.5, 0.6) is 0 Å². The Bertz CT molecular complexity index is 1020. The van der Waals surface area contributed by atoms with E-state index < -0.39 is 0 Å². The van der Waals surface area contributed by atoms with Gasteiger partial charge in [0.25, 0.3) is 5.56 Å². The molecule has 1 aliphatic rings. The molecule has 1 aliphatic heterocycles. The molecule has 7 nitrogen and oxygen atoms in total. The maximum atomic E-state index is 13.0. The molecule has 1 unspecified atom stereocenters. The van der Waals surface area contributed by atoms with Gasteiger partial charge in [-0.3, -0.25) is 24.2 Å². The van der Waals surface area contributed by atoms with Crippen LogP contribution in [0.2, 0.25) is 0 Å². The number of hydrogen-bond acceptors (Lipinski definition) is 6. The molecule has 1 N–H and O–H groups in total. The van der Waals surface area contributed by atoms with Crippen molar-refractivity contribution in [1.29, 1.82) is 0 Å². The Morgan fingerprint density at radius 1 is 1.22 bits per heavy atom. The quantitative estimate of drug-likeness (QED) is 0.743. The minimum atomic E-state index is -0.0943. The van der Waals surface area contributed by atoms with E-state index >= 15 is 0 Å². The van der Waals surface area contributed by atoms with Gasteiger partial charge in [0.2, 0.25) is 0 Å². The van der Waals surface area contributed by atoms with Gasteiger partial charge in [-0.1, -0.05) is 12.1 Å². The summed E-state index contributed by atoms with van der Waals surface area (Å²) in [4.78, 5) is 28.9. The first-order valence-electron chi connectivity index (χ1n) is 9.30. The Morgan fingerprint density at radius 2 is 2.04 bits per heavy atom. The predicted octanol–water partition coefficient (Wildman–Crippen LogP) is 1.82. The van der Waals surface area contributed by atoms with Gasteiger partial charge in [0.1, 0.15) is 5.82 Å². The van der Waals surface area contributed by atoms with E-state index in [1.807, 2.05) is 25.1 Å². The zero-order valence-electron chi connectivity index (χ0n) is 15.4. The second kappa shape index (κ2) is 7.54. The lowest BCUT2D eigenvalue weighted by atomic mass is 10.1. The van der Waals surface area contributed by atoms with Crippen LogP contribution in [0.4, 0.5) is 0 Å². The zero-order valence-corrected chi connectivity index (χ0v) is 15.4. The molecule has 2 aromatic heterocycles. The molecule has 0 aliphatic carbocycles. The molecular formula is C20H23N5O2. The lowest BCUT2D eigenvalue weighted by Gasteiger charge is -2.26. The largest absolute Gasteiger partial charge is 0.395 e. The van der Waals surface area contributed by atoms with Gasteiger partial charge in [-0.25, -0.2) is 4.98 Å². The number of hydrogen-bond donors (Lipinski definition) is 1. The fourth-order valence-corrected chi connectivity index (χ4v) is 3.85. The van der Waals surface area contributed by atoms with Crippen LogP contribution in [0.3, 0.4) is 0 Å². The summed E-state index contributed by atoms with van der Waals surface area (Å²) in [5, 5.41) is 10.1. The van der Waals surface area contributed by atoms with Gasteiger partial charge in [-0.2, -0.15) is 0 Å². The van der Waals surface area contributed by atoms with Crippen molar-refractivity contribution < 1.29 is 5.11 Å². The van der Waals surface area contributed by atoms with Crippen LogP contribution in [0.1, 0.15) is 36.1 Å². The maximum Gasteiger partial charge on any atom is 0.261 e. The Labute approximate surface area is 157 Å². The summed E-state index contributed by atoms with van der Waals surface area (Å²) in [6, 6.07) is 7.42. The number of aliphatic hydroxyl groups excluding tert-OH is 1. The molecule has 0 saturated carbocycles. The highest BCUT2D eigenvalue weighted by Gasteiger charge is 2.31. The standard InChI is InChI=1S/C20H23N5O2/c1-14-17(22-9-8-21-14)13-24-10-4-7-18(24)19-23-16-6-3-2-5-15(16)20(27)25(19)11-12-26/h2-3,5-6,8-9,18,26H,4,7,10-13H2,1H3. The average molecular weight is 365 g/mol. The summed E-state index contributed by atoms with van der Waals surface area (Å²) >= 11 is 0. The molecule has 27 heavy (non-hydrogen) atoms.